The van der Waals surface area contributed by atoms with Gasteiger partial charge in [-0.3, -0.25) is 9.59 Å². The molecule has 0 saturated heterocycles. The molecule has 0 aliphatic carbocycles. The van der Waals surface area contributed by atoms with Crippen LogP contribution >= 0.6 is 0 Å². The van der Waals surface area contributed by atoms with Crippen LogP contribution < -0.4 is 0 Å². The number of nitrogens with zero attached hydrogens (tertiary/aromatic N) is 1. The topological polar surface area (TPSA) is 46.6 Å². The number of carbonyl (C=O) groups is 2. The molecule has 2 atom stereocenters. The van der Waals surface area contributed by atoms with E-state index in [0.717, 1.165) is 0 Å². The lowest BCUT2D eigenvalue weighted by Gasteiger charge is -2.35. The number of benzene rings is 1. The van der Waals surface area contributed by atoms with E-state index in [1.54, 1.807) is 17.0 Å². The molecule has 0 aromatic heterocycles. The van der Waals surface area contributed by atoms with E-state index in [9.17, 15) is 9.59 Å². The van der Waals surface area contributed by atoms with Gasteiger partial charge in [-0.15, -0.1) is 0 Å². The number of rotatable bonds is 2. The summed E-state index contributed by atoms with van der Waals surface area (Å²) < 4.78 is 5.20. The van der Waals surface area contributed by atoms with E-state index < -0.39 is 0 Å². The number of ether oxygens (including phenoxy) is 1. The van der Waals surface area contributed by atoms with Gasteiger partial charge in [0, 0.05) is 19.0 Å². The van der Waals surface area contributed by atoms with Gasteiger partial charge in [-0.25, -0.2) is 0 Å². The Kier molecular flexibility index (Phi) is 4.00. The van der Waals surface area contributed by atoms with E-state index in [1.807, 2.05) is 37.3 Å². The molecule has 0 spiro atoms. The summed E-state index contributed by atoms with van der Waals surface area (Å²) in [6.07, 6.45) is 3.31. The fourth-order valence-corrected chi connectivity index (χ4v) is 2.16. The minimum Gasteiger partial charge on any atom is -0.456 e. The molecule has 0 radical (unpaired) electrons. The van der Waals surface area contributed by atoms with E-state index in [0.29, 0.717) is 12.1 Å². The predicted molar refractivity (Wildman–Crippen MR) is 71.6 cm³/mol. The summed E-state index contributed by atoms with van der Waals surface area (Å²) in [4.78, 5) is 25.1. The smallest absolute Gasteiger partial charge is 0.303 e. The summed E-state index contributed by atoms with van der Waals surface area (Å²) in [6, 6.07) is 8.95. The number of hydrogen-bond acceptors (Lipinski definition) is 3. The third-order valence-corrected chi connectivity index (χ3v) is 3.18. The van der Waals surface area contributed by atoms with Crippen molar-refractivity contribution in [2.45, 2.75) is 26.0 Å². The van der Waals surface area contributed by atoms with Crippen LogP contribution in [0.3, 0.4) is 0 Å². The van der Waals surface area contributed by atoms with Gasteiger partial charge in [-0.1, -0.05) is 24.3 Å². The molecule has 0 saturated carbocycles. The van der Waals surface area contributed by atoms with E-state index in [2.05, 4.69) is 0 Å². The molecule has 1 amide bonds. The summed E-state index contributed by atoms with van der Waals surface area (Å²) in [5.41, 5.74) is 0.645. The molecule has 1 aliphatic rings. The Bertz CT molecular complexity index is 495. The average Bonchev–Trinajstić information content (AvgIpc) is 2.41. The van der Waals surface area contributed by atoms with Crippen LogP contribution in [0.4, 0.5) is 0 Å². The van der Waals surface area contributed by atoms with Gasteiger partial charge < -0.3 is 9.64 Å². The van der Waals surface area contributed by atoms with Crippen LogP contribution in [-0.2, 0) is 9.53 Å². The molecular formula is C15H17NO3. The Morgan fingerprint density at radius 2 is 1.95 bits per heavy atom. The monoisotopic (exact) mass is 259 g/mol. The maximum absolute atomic E-state index is 12.4. The second-order valence-corrected chi connectivity index (χ2v) is 4.57. The van der Waals surface area contributed by atoms with Crippen LogP contribution in [0, 0.1) is 0 Å². The van der Waals surface area contributed by atoms with Crippen LogP contribution in [0.25, 0.3) is 0 Å². The number of amides is 1. The molecule has 2 rings (SSSR count). The molecule has 0 N–H and O–H groups in total. The van der Waals surface area contributed by atoms with Crippen LogP contribution in [0.1, 0.15) is 24.2 Å². The molecule has 1 aromatic carbocycles. The minimum absolute atomic E-state index is 0.0467. The Balaban J connectivity index is 2.15. The van der Waals surface area contributed by atoms with Crippen LogP contribution in [-0.4, -0.2) is 35.5 Å². The van der Waals surface area contributed by atoms with E-state index in [4.69, 9.17) is 4.74 Å². The summed E-state index contributed by atoms with van der Waals surface area (Å²) in [6.45, 7) is 3.79. The highest BCUT2D eigenvalue weighted by atomic mass is 16.5. The zero-order valence-corrected chi connectivity index (χ0v) is 11.1. The van der Waals surface area contributed by atoms with Crippen molar-refractivity contribution >= 4 is 11.9 Å². The van der Waals surface area contributed by atoms with Gasteiger partial charge >= 0.3 is 5.97 Å². The molecular weight excluding hydrogens is 242 g/mol. The highest BCUT2D eigenvalue weighted by Crippen LogP contribution is 2.18. The summed E-state index contributed by atoms with van der Waals surface area (Å²) in [5.74, 6) is -0.384. The van der Waals surface area contributed by atoms with Gasteiger partial charge in [0.1, 0.15) is 6.10 Å². The molecule has 1 heterocycles. The van der Waals surface area contributed by atoms with Gasteiger partial charge in [0.05, 0.1) is 6.04 Å². The molecule has 0 bridgehead atoms. The minimum atomic E-state index is -0.376. The first-order valence-corrected chi connectivity index (χ1v) is 6.29. The molecule has 0 fully saturated rings. The fraction of sp³-hybridized carbons (Fsp3) is 0.333. The number of hydrogen-bond donors (Lipinski definition) is 0. The Hall–Kier alpha value is -2.10. The van der Waals surface area contributed by atoms with Gasteiger partial charge in [-0.2, -0.15) is 0 Å². The summed E-state index contributed by atoms with van der Waals surface area (Å²) >= 11 is 0. The van der Waals surface area contributed by atoms with E-state index in [-0.39, 0.29) is 24.0 Å². The lowest BCUT2D eigenvalue weighted by molar-refractivity contribution is -0.146. The van der Waals surface area contributed by atoms with Crippen molar-refractivity contribution in [2.24, 2.45) is 0 Å². The van der Waals surface area contributed by atoms with Crippen molar-refractivity contribution < 1.29 is 14.3 Å². The molecule has 1 aliphatic heterocycles. The van der Waals surface area contributed by atoms with E-state index in [1.165, 1.54) is 6.92 Å². The first kappa shape index (κ1) is 13.3. The van der Waals surface area contributed by atoms with Crippen LogP contribution in [0.15, 0.2) is 42.5 Å². The fourth-order valence-electron chi connectivity index (χ4n) is 2.16. The van der Waals surface area contributed by atoms with Crippen LogP contribution in [0.5, 0.6) is 0 Å². The maximum atomic E-state index is 12.4. The average molecular weight is 259 g/mol. The molecule has 4 heteroatoms. The lowest BCUT2D eigenvalue weighted by atomic mass is 10.0. The highest BCUT2D eigenvalue weighted by molar-refractivity contribution is 5.94. The van der Waals surface area contributed by atoms with Crippen molar-refractivity contribution in [1.82, 2.24) is 4.90 Å². The third kappa shape index (κ3) is 3.02. The zero-order valence-electron chi connectivity index (χ0n) is 11.1. The number of esters is 1. The molecule has 0 unspecified atom stereocenters. The van der Waals surface area contributed by atoms with Gasteiger partial charge in [0.25, 0.3) is 5.91 Å². The van der Waals surface area contributed by atoms with Crippen molar-refractivity contribution in [2.75, 3.05) is 6.54 Å². The largest absolute Gasteiger partial charge is 0.456 e. The van der Waals surface area contributed by atoms with Crippen LogP contribution in [0.2, 0.25) is 0 Å². The summed E-state index contributed by atoms with van der Waals surface area (Å²) in [5, 5.41) is 0. The first-order valence-electron chi connectivity index (χ1n) is 6.29. The van der Waals surface area contributed by atoms with Crippen molar-refractivity contribution in [1.29, 1.82) is 0 Å². The second kappa shape index (κ2) is 5.69. The highest BCUT2D eigenvalue weighted by Gasteiger charge is 2.30. The molecule has 1 aromatic rings. The first-order chi connectivity index (χ1) is 9.09. The van der Waals surface area contributed by atoms with Gasteiger partial charge in [-0.05, 0) is 25.1 Å². The Morgan fingerprint density at radius 3 is 2.58 bits per heavy atom. The lowest BCUT2D eigenvalue weighted by Crippen LogP contribution is -2.48. The van der Waals surface area contributed by atoms with Crippen molar-refractivity contribution in [3.63, 3.8) is 0 Å². The maximum Gasteiger partial charge on any atom is 0.303 e. The predicted octanol–water partition coefficient (Wildman–Crippen LogP) is 2.02. The van der Waals surface area contributed by atoms with E-state index >= 15 is 0 Å². The Morgan fingerprint density at radius 1 is 1.26 bits per heavy atom. The van der Waals surface area contributed by atoms with Gasteiger partial charge in [0.15, 0.2) is 0 Å². The second-order valence-electron chi connectivity index (χ2n) is 4.57. The van der Waals surface area contributed by atoms with Crippen molar-refractivity contribution in [3.8, 4) is 0 Å². The zero-order chi connectivity index (χ0) is 13.8. The summed E-state index contributed by atoms with van der Waals surface area (Å²) in [7, 11) is 0. The number of carbonyl (C=O) groups excluding carboxylic acids is 2. The molecule has 19 heavy (non-hydrogen) atoms. The Labute approximate surface area is 112 Å². The SMILES string of the molecule is CC(=O)O[C@@H]1C=CCN(C(=O)c2ccccc2)[C@H]1C. The van der Waals surface area contributed by atoms with Gasteiger partial charge in [0.2, 0.25) is 0 Å². The third-order valence-electron chi connectivity index (χ3n) is 3.18. The molecule has 4 nitrogen and oxygen atoms in total. The quantitative estimate of drug-likeness (QED) is 0.603. The standard InChI is InChI=1S/C15H17NO3/c1-11-14(19-12(2)17)9-6-10-16(11)15(18)13-7-4-3-5-8-13/h3-9,11,14H,10H2,1-2H3/t11-,14+/m0/s1. The van der Waals surface area contributed by atoms with Crippen molar-refractivity contribution in [3.05, 3.63) is 48.0 Å². The normalized spacial score (nSPS) is 22.1. The molecule has 100 valence electrons.